The lowest BCUT2D eigenvalue weighted by molar-refractivity contribution is 0.555. The highest BCUT2D eigenvalue weighted by Gasteiger charge is 2.45. The second kappa shape index (κ2) is 7.28. The number of hydrogen-bond donors (Lipinski definition) is 0. The molecule has 6 aromatic rings. The second-order valence-electron chi connectivity index (χ2n) is 10.0. The van der Waals surface area contributed by atoms with Crippen LogP contribution in [0.2, 0.25) is 0 Å². The number of hydrogen-bond acceptors (Lipinski definition) is 2. The van der Waals surface area contributed by atoms with Gasteiger partial charge in [0.15, 0.2) is 0 Å². The van der Waals surface area contributed by atoms with Crippen LogP contribution in [0.5, 0.6) is 0 Å². The summed E-state index contributed by atoms with van der Waals surface area (Å²) in [5, 5.41) is 1.42. The maximum Gasteiger partial charge on any atom is 0.142 e. The van der Waals surface area contributed by atoms with Crippen molar-refractivity contribution in [3.8, 4) is 22.5 Å². The van der Waals surface area contributed by atoms with Crippen molar-refractivity contribution in [1.82, 2.24) is 9.55 Å². The van der Waals surface area contributed by atoms with Crippen LogP contribution in [0.25, 0.3) is 49.2 Å². The molecule has 2 aliphatic rings. The molecule has 0 saturated carbocycles. The number of fused-ring (bicyclic) bond motifs is 8. The third kappa shape index (κ3) is 2.58. The Bertz CT molecular complexity index is 1850. The van der Waals surface area contributed by atoms with E-state index in [0.29, 0.717) is 0 Å². The molecule has 0 saturated heterocycles. The molecule has 1 unspecified atom stereocenters. The van der Waals surface area contributed by atoms with Gasteiger partial charge in [0, 0.05) is 15.1 Å². The Morgan fingerprint density at radius 3 is 2.56 bits per heavy atom. The van der Waals surface area contributed by atoms with Crippen LogP contribution in [-0.2, 0) is 12.0 Å². The molecule has 3 heterocycles. The number of thiophene rings is 1. The molecule has 2 nitrogen and oxygen atoms in total. The summed E-state index contributed by atoms with van der Waals surface area (Å²) in [6, 6.07) is 35.1. The molecule has 0 spiro atoms. The van der Waals surface area contributed by atoms with Crippen LogP contribution in [0, 0.1) is 0 Å². The summed E-state index contributed by atoms with van der Waals surface area (Å²) in [5.74, 6) is 1.07. The Labute approximate surface area is 214 Å². The Hall–Kier alpha value is -3.95. The van der Waals surface area contributed by atoms with Crippen molar-refractivity contribution in [2.45, 2.75) is 25.3 Å². The molecule has 36 heavy (non-hydrogen) atoms. The topological polar surface area (TPSA) is 17.8 Å². The van der Waals surface area contributed by atoms with Crippen molar-refractivity contribution in [2.24, 2.45) is 0 Å². The number of rotatable bonds is 2. The molecule has 0 amide bonds. The molecule has 1 aliphatic carbocycles. The van der Waals surface area contributed by atoms with E-state index in [0.717, 1.165) is 24.2 Å². The number of imidazole rings is 1. The van der Waals surface area contributed by atoms with Gasteiger partial charge in [0.05, 0.1) is 16.6 Å². The summed E-state index contributed by atoms with van der Waals surface area (Å²) >= 11 is 1.95. The number of aromatic nitrogens is 2. The zero-order chi connectivity index (χ0) is 23.9. The highest BCUT2D eigenvalue weighted by Crippen LogP contribution is 2.55. The van der Waals surface area contributed by atoms with Crippen molar-refractivity contribution in [1.29, 1.82) is 0 Å². The van der Waals surface area contributed by atoms with Crippen LogP contribution >= 0.6 is 11.3 Å². The summed E-state index contributed by atoms with van der Waals surface area (Å²) in [7, 11) is 0. The minimum absolute atomic E-state index is 0.327. The molecule has 0 fully saturated rings. The van der Waals surface area contributed by atoms with E-state index in [1.54, 1.807) is 0 Å². The predicted octanol–water partition coefficient (Wildman–Crippen LogP) is 8.69. The van der Waals surface area contributed by atoms with Crippen molar-refractivity contribution in [2.75, 3.05) is 0 Å². The van der Waals surface area contributed by atoms with Crippen molar-refractivity contribution in [3.05, 3.63) is 119 Å². The van der Waals surface area contributed by atoms with E-state index in [1.807, 2.05) is 11.3 Å². The smallest absolute Gasteiger partial charge is 0.142 e. The number of aryl methyl sites for hydroxylation is 1. The van der Waals surface area contributed by atoms with Crippen LogP contribution in [0.15, 0.2) is 103 Å². The van der Waals surface area contributed by atoms with E-state index in [1.165, 1.54) is 53.9 Å². The highest BCUT2D eigenvalue weighted by atomic mass is 32.1. The van der Waals surface area contributed by atoms with Crippen LogP contribution in [-0.4, -0.2) is 9.55 Å². The van der Waals surface area contributed by atoms with Gasteiger partial charge < -0.3 is 4.57 Å². The van der Waals surface area contributed by atoms with E-state index < -0.39 is 0 Å². The second-order valence-corrected chi connectivity index (χ2v) is 11.1. The van der Waals surface area contributed by atoms with Gasteiger partial charge in [-0.25, -0.2) is 4.98 Å². The fourth-order valence-corrected chi connectivity index (χ4v) is 7.84. The van der Waals surface area contributed by atoms with Crippen molar-refractivity contribution < 1.29 is 0 Å². The van der Waals surface area contributed by atoms with Gasteiger partial charge in [0.1, 0.15) is 5.82 Å². The van der Waals surface area contributed by atoms with Crippen LogP contribution in [0.3, 0.4) is 0 Å². The van der Waals surface area contributed by atoms with Crippen molar-refractivity contribution in [3.63, 3.8) is 0 Å². The molecule has 1 aliphatic heterocycles. The fraction of sp³-hybridized carbons (Fsp3) is 0.121. The first-order chi connectivity index (χ1) is 17.7. The van der Waals surface area contributed by atoms with Gasteiger partial charge >= 0.3 is 0 Å². The number of allylic oxidation sites excluding steroid dienone is 2. The van der Waals surface area contributed by atoms with Gasteiger partial charge in [0.25, 0.3) is 0 Å². The molecule has 2 aromatic heterocycles. The molecule has 172 valence electrons. The Balaban J connectivity index is 1.43. The summed E-state index contributed by atoms with van der Waals surface area (Å²) in [4.78, 5) is 6.64. The summed E-state index contributed by atoms with van der Waals surface area (Å²) < 4.78 is 3.90. The van der Waals surface area contributed by atoms with Gasteiger partial charge in [-0.15, -0.1) is 11.3 Å². The molecular weight excluding hydrogens is 456 g/mol. The van der Waals surface area contributed by atoms with Gasteiger partial charge in [-0.1, -0.05) is 84.9 Å². The van der Waals surface area contributed by atoms with Gasteiger partial charge in [0.2, 0.25) is 0 Å². The quantitative estimate of drug-likeness (QED) is 0.242. The lowest BCUT2D eigenvalue weighted by Gasteiger charge is -2.34. The standard InChI is InChI=1S/C33H24N2S/c1-33(27-16-9-14-24-23-12-6-8-17-30(23)36-31(24)27)26-15-7-5-13-25(26)32-34-28-19-18-22(20-29(28)35(32)33)21-10-3-2-4-11-21/h2-8,10-13,15-20H,9,14H2,1H3. The first-order valence-corrected chi connectivity index (χ1v) is 13.4. The predicted molar refractivity (Wildman–Crippen MR) is 151 cm³/mol. The van der Waals surface area contributed by atoms with Gasteiger partial charge in [-0.05, 0) is 71.2 Å². The molecule has 3 heteroatoms. The summed E-state index contributed by atoms with van der Waals surface area (Å²) in [5.41, 5.74) is 9.89. The van der Waals surface area contributed by atoms with Crippen LogP contribution in [0.4, 0.5) is 0 Å². The van der Waals surface area contributed by atoms with E-state index >= 15 is 0 Å². The summed E-state index contributed by atoms with van der Waals surface area (Å²) in [6.07, 6.45) is 4.67. The first kappa shape index (κ1) is 20.3. The fourth-order valence-electron chi connectivity index (χ4n) is 6.45. The number of benzene rings is 4. The van der Waals surface area contributed by atoms with E-state index in [-0.39, 0.29) is 5.54 Å². The Morgan fingerprint density at radius 2 is 1.64 bits per heavy atom. The van der Waals surface area contributed by atoms with Crippen LogP contribution in [0.1, 0.15) is 29.3 Å². The first-order valence-electron chi connectivity index (χ1n) is 12.6. The summed E-state index contributed by atoms with van der Waals surface area (Å²) in [6.45, 7) is 2.41. The molecular formula is C33H24N2S. The highest BCUT2D eigenvalue weighted by molar-refractivity contribution is 7.20. The van der Waals surface area contributed by atoms with E-state index in [4.69, 9.17) is 4.98 Å². The number of nitrogens with zero attached hydrogens (tertiary/aromatic N) is 2. The normalized spacial score (nSPS) is 18.2. The molecule has 1 atom stereocenters. The molecule has 4 aromatic carbocycles. The lowest BCUT2D eigenvalue weighted by Crippen LogP contribution is -2.30. The monoisotopic (exact) mass is 480 g/mol. The zero-order valence-corrected chi connectivity index (χ0v) is 20.8. The third-order valence-corrected chi connectivity index (χ3v) is 9.36. The molecule has 0 bridgehead atoms. The minimum atomic E-state index is -0.327. The third-order valence-electron chi connectivity index (χ3n) is 8.11. The van der Waals surface area contributed by atoms with Crippen molar-refractivity contribution >= 4 is 38.0 Å². The van der Waals surface area contributed by atoms with Gasteiger partial charge in [-0.2, -0.15) is 0 Å². The Morgan fingerprint density at radius 1 is 0.833 bits per heavy atom. The minimum Gasteiger partial charge on any atom is -0.310 e. The van der Waals surface area contributed by atoms with Gasteiger partial charge in [-0.3, -0.25) is 0 Å². The maximum absolute atomic E-state index is 5.20. The zero-order valence-electron chi connectivity index (χ0n) is 20.0. The largest absolute Gasteiger partial charge is 0.310 e. The molecule has 0 N–H and O–H groups in total. The Kier molecular flexibility index (Phi) is 4.10. The average molecular weight is 481 g/mol. The molecule has 0 radical (unpaired) electrons. The lowest BCUT2D eigenvalue weighted by atomic mass is 9.79. The van der Waals surface area contributed by atoms with E-state index in [2.05, 4.69) is 115 Å². The molecule has 8 rings (SSSR count). The maximum atomic E-state index is 5.20. The van der Waals surface area contributed by atoms with Crippen LogP contribution < -0.4 is 0 Å². The SMILES string of the molecule is CC1(C2=CCCc3c2sc2ccccc32)c2ccccc2-c2nc3ccc(-c4ccccc4)cc3n21. The average Bonchev–Trinajstić information content (AvgIpc) is 3.58. The van der Waals surface area contributed by atoms with E-state index in [9.17, 15) is 0 Å².